The number of benzene rings is 2. The molecule has 3 aliphatic rings. The second kappa shape index (κ2) is 12.8. The third-order valence-electron chi connectivity index (χ3n) is 7.96. The van der Waals surface area contributed by atoms with Gasteiger partial charge < -0.3 is 34.3 Å². The van der Waals surface area contributed by atoms with Gasteiger partial charge in [-0.1, -0.05) is 90.3 Å². The molecule has 1 amide bonds. The van der Waals surface area contributed by atoms with E-state index < -0.39 is 21.8 Å². The van der Waals surface area contributed by atoms with E-state index in [0.29, 0.717) is 13.2 Å². The van der Waals surface area contributed by atoms with Crippen LogP contribution in [-0.4, -0.2) is 64.4 Å². The molecule has 3 heterocycles. The summed E-state index contributed by atoms with van der Waals surface area (Å²) in [6, 6.07) is 15.5. The molecule has 1 spiro atoms. The van der Waals surface area contributed by atoms with Crippen molar-refractivity contribution in [1.82, 2.24) is 10.2 Å². The van der Waals surface area contributed by atoms with Crippen LogP contribution in [0.2, 0.25) is 0 Å². The number of nitrogens with zero attached hydrogens (tertiary/aromatic N) is 1. The fraction of sp³-hybridized carbons (Fsp3) is 0.552. The van der Waals surface area contributed by atoms with Gasteiger partial charge in [-0.05, 0) is 16.7 Å². The predicted molar refractivity (Wildman–Crippen MR) is 152 cm³/mol. The average molecular weight is 614 g/mol. The number of aliphatic hydroxyl groups is 1. The monoisotopic (exact) mass is 612 g/mol. The first-order chi connectivity index (χ1) is 19.2. The first-order valence-corrected chi connectivity index (χ1v) is 14.7. The number of nitrogens with one attached hydrogen (secondary N) is 1. The number of halogens is 3. The Morgan fingerprint density at radius 3 is 2.17 bits per heavy atom. The molecule has 0 aromatic heterocycles. The van der Waals surface area contributed by atoms with E-state index in [-0.39, 0.29) is 31.3 Å². The fourth-order valence-electron chi connectivity index (χ4n) is 5.52. The van der Waals surface area contributed by atoms with Gasteiger partial charge in [0.05, 0.1) is 32.0 Å². The van der Waals surface area contributed by atoms with Gasteiger partial charge >= 0.3 is 0 Å². The quantitative estimate of drug-likeness (QED) is 0.434. The van der Waals surface area contributed by atoms with Crippen molar-refractivity contribution in [3.05, 3.63) is 70.8 Å². The molecule has 0 bridgehead atoms. The second-order valence-corrected chi connectivity index (χ2v) is 12.9. The molecule has 0 radical (unpaired) electrons. The van der Waals surface area contributed by atoms with Crippen LogP contribution in [0.4, 0.5) is 0 Å². The highest BCUT2D eigenvalue weighted by atomic mass is 35.6. The van der Waals surface area contributed by atoms with Crippen molar-refractivity contribution < 1.29 is 28.8 Å². The SMILES string of the molecule is C[C@@H]1[C@H](CN2CCC3(CC2)OCCO3)O[C@H](c2ccc(CNC(=O)C(Cl)(Cl)Cl)cc2)O[C@@H]1c1ccc(CO)cc1. The summed E-state index contributed by atoms with van der Waals surface area (Å²) in [6.45, 7) is 6.23. The number of carbonyl (C=O) groups excluding carboxylic acids is 1. The third kappa shape index (κ3) is 7.12. The lowest BCUT2D eigenvalue weighted by molar-refractivity contribution is -0.278. The van der Waals surface area contributed by atoms with Crippen LogP contribution < -0.4 is 5.32 Å². The molecule has 40 heavy (non-hydrogen) atoms. The highest BCUT2D eigenvalue weighted by Gasteiger charge is 2.43. The molecule has 3 saturated heterocycles. The molecule has 5 rings (SSSR count). The van der Waals surface area contributed by atoms with Gasteiger partial charge in [-0.15, -0.1) is 0 Å². The molecule has 218 valence electrons. The van der Waals surface area contributed by atoms with Gasteiger partial charge in [0.15, 0.2) is 12.1 Å². The van der Waals surface area contributed by atoms with Crippen molar-refractivity contribution in [2.75, 3.05) is 32.8 Å². The summed E-state index contributed by atoms with van der Waals surface area (Å²) in [5.74, 6) is -1.01. The molecule has 4 atom stereocenters. The lowest BCUT2D eigenvalue weighted by Gasteiger charge is -2.44. The summed E-state index contributed by atoms with van der Waals surface area (Å²) in [4.78, 5) is 14.3. The summed E-state index contributed by atoms with van der Waals surface area (Å²) in [6.07, 6.45) is 0.833. The normalized spacial score (nSPS) is 27.1. The van der Waals surface area contributed by atoms with Crippen LogP contribution >= 0.6 is 34.8 Å². The average Bonchev–Trinajstić information content (AvgIpc) is 3.42. The van der Waals surface area contributed by atoms with Gasteiger partial charge in [0.25, 0.3) is 9.70 Å². The van der Waals surface area contributed by atoms with Gasteiger partial charge in [-0.2, -0.15) is 0 Å². The Morgan fingerprint density at radius 1 is 0.975 bits per heavy atom. The Labute approximate surface area is 249 Å². The van der Waals surface area contributed by atoms with E-state index in [9.17, 15) is 9.90 Å². The van der Waals surface area contributed by atoms with Crippen LogP contribution in [0.3, 0.4) is 0 Å². The molecule has 8 nitrogen and oxygen atoms in total. The van der Waals surface area contributed by atoms with Crippen LogP contribution in [0.25, 0.3) is 0 Å². The first-order valence-electron chi connectivity index (χ1n) is 13.6. The number of piperidine rings is 1. The maximum atomic E-state index is 11.9. The van der Waals surface area contributed by atoms with Gasteiger partial charge in [0, 0.05) is 50.5 Å². The molecule has 0 aliphatic carbocycles. The number of carbonyl (C=O) groups is 1. The Hall–Kier alpha value is -1.46. The van der Waals surface area contributed by atoms with Gasteiger partial charge in [-0.3, -0.25) is 4.79 Å². The van der Waals surface area contributed by atoms with Crippen LogP contribution in [-0.2, 0) is 36.9 Å². The van der Waals surface area contributed by atoms with Crippen molar-refractivity contribution in [2.24, 2.45) is 5.92 Å². The fourth-order valence-corrected chi connectivity index (χ4v) is 5.72. The summed E-state index contributed by atoms with van der Waals surface area (Å²) in [5.41, 5.74) is 3.62. The number of alkyl halides is 3. The standard InChI is InChI=1S/C29H35Cl3N2O6/c1-19-24(17-34-12-10-28(11-13-34)37-14-15-38-28)39-26(40-25(19)22-6-4-21(18-35)5-7-22)23-8-2-20(3-9-23)16-33-27(36)29(30,31)32/h2-9,19,24-26,35H,10-18H2,1H3,(H,33,36)/t19-,24+,25+,26+/m1/s1. The van der Waals surface area contributed by atoms with Crippen molar-refractivity contribution >= 4 is 40.7 Å². The zero-order chi connectivity index (χ0) is 28.3. The molecule has 0 unspecified atom stereocenters. The van der Waals surface area contributed by atoms with Crippen LogP contribution in [0.5, 0.6) is 0 Å². The minimum atomic E-state index is -2.01. The molecular formula is C29H35Cl3N2O6. The topological polar surface area (TPSA) is 89.5 Å². The highest BCUT2D eigenvalue weighted by molar-refractivity contribution is 6.76. The number of hydrogen-bond acceptors (Lipinski definition) is 7. The van der Waals surface area contributed by atoms with E-state index in [1.54, 1.807) is 0 Å². The molecule has 2 aromatic carbocycles. The van der Waals surface area contributed by atoms with E-state index in [4.69, 9.17) is 53.8 Å². The lowest BCUT2D eigenvalue weighted by atomic mass is 9.89. The number of hydrogen-bond donors (Lipinski definition) is 2. The Bertz CT molecular complexity index is 1130. The van der Waals surface area contributed by atoms with E-state index in [0.717, 1.165) is 54.7 Å². The van der Waals surface area contributed by atoms with Crippen LogP contribution in [0.15, 0.2) is 48.5 Å². The Balaban J connectivity index is 1.30. The molecule has 11 heteroatoms. The largest absolute Gasteiger partial charge is 0.392 e. The van der Waals surface area contributed by atoms with Crippen molar-refractivity contribution in [1.29, 1.82) is 0 Å². The van der Waals surface area contributed by atoms with E-state index in [1.165, 1.54) is 0 Å². The summed E-state index contributed by atoms with van der Waals surface area (Å²) in [5, 5.41) is 12.1. The van der Waals surface area contributed by atoms with Crippen LogP contribution in [0.1, 0.15) is 54.4 Å². The molecule has 2 aromatic rings. The van der Waals surface area contributed by atoms with Crippen molar-refractivity contribution in [3.63, 3.8) is 0 Å². The molecular weight excluding hydrogens is 579 g/mol. The van der Waals surface area contributed by atoms with Gasteiger partial charge in [-0.25, -0.2) is 0 Å². The summed E-state index contributed by atoms with van der Waals surface area (Å²) in [7, 11) is 0. The summed E-state index contributed by atoms with van der Waals surface area (Å²) < 4.78 is 23.0. The Morgan fingerprint density at radius 2 is 1.57 bits per heavy atom. The lowest BCUT2D eigenvalue weighted by Crippen LogP contribution is -2.50. The van der Waals surface area contributed by atoms with Gasteiger partial charge in [0.1, 0.15) is 0 Å². The third-order valence-corrected chi connectivity index (χ3v) is 8.47. The van der Waals surface area contributed by atoms with Crippen LogP contribution in [0, 0.1) is 5.92 Å². The molecule has 2 N–H and O–H groups in total. The maximum Gasteiger partial charge on any atom is 0.272 e. The zero-order valence-corrected chi connectivity index (χ0v) is 24.6. The summed E-state index contributed by atoms with van der Waals surface area (Å²) >= 11 is 16.9. The highest BCUT2D eigenvalue weighted by Crippen LogP contribution is 2.42. The number of ether oxygens (including phenoxy) is 4. The van der Waals surface area contributed by atoms with Gasteiger partial charge in [0.2, 0.25) is 0 Å². The number of amides is 1. The smallest absolute Gasteiger partial charge is 0.272 e. The molecule has 0 saturated carbocycles. The van der Waals surface area contributed by atoms with E-state index in [2.05, 4.69) is 17.1 Å². The zero-order valence-electron chi connectivity index (χ0n) is 22.4. The van der Waals surface area contributed by atoms with E-state index in [1.807, 2.05) is 48.5 Å². The Kier molecular flexibility index (Phi) is 9.62. The predicted octanol–water partition coefficient (Wildman–Crippen LogP) is 4.80. The minimum absolute atomic E-state index is 0.00589. The minimum Gasteiger partial charge on any atom is -0.392 e. The molecule has 3 fully saturated rings. The number of likely N-dealkylation sites (tertiary alicyclic amines) is 1. The number of aliphatic hydroxyl groups excluding tert-OH is 1. The van der Waals surface area contributed by atoms with Crippen molar-refractivity contribution in [3.8, 4) is 0 Å². The van der Waals surface area contributed by atoms with Crippen molar-refractivity contribution in [2.45, 2.75) is 61.0 Å². The maximum absolute atomic E-state index is 11.9. The number of rotatable bonds is 7. The second-order valence-electron chi connectivity index (χ2n) is 10.7. The molecule has 3 aliphatic heterocycles. The van der Waals surface area contributed by atoms with E-state index >= 15 is 0 Å². The first kappa shape index (κ1) is 30.0.